The highest BCUT2D eigenvalue weighted by Gasteiger charge is 2.63. The topological polar surface area (TPSA) is 46.6 Å². The molecule has 0 aromatic heterocycles. The second-order valence-electron chi connectivity index (χ2n) is 7.86. The van der Waals surface area contributed by atoms with Crippen LogP contribution in [0.4, 0.5) is 4.79 Å². The molecule has 4 nitrogen and oxygen atoms in total. The third-order valence-corrected chi connectivity index (χ3v) is 6.36. The molecule has 5 rings (SSSR count). The minimum Gasteiger partial charge on any atom is -0.453 e. The zero-order chi connectivity index (χ0) is 16.4. The first-order chi connectivity index (χ1) is 10.9. The lowest BCUT2D eigenvalue weighted by molar-refractivity contribution is -0.131. The van der Waals surface area contributed by atoms with Gasteiger partial charge in [0.25, 0.3) is 0 Å². The average Bonchev–Trinajstić information content (AvgIpc) is 2.65. The van der Waals surface area contributed by atoms with Crippen molar-refractivity contribution in [2.45, 2.75) is 57.0 Å². The van der Waals surface area contributed by atoms with E-state index in [1.54, 1.807) is 0 Å². The van der Waals surface area contributed by atoms with Gasteiger partial charge in [0.1, 0.15) is 5.78 Å². The Morgan fingerprint density at radius 2 is 1.91 bits per heavy atom. The molecule has 4 atom stereocenters. The molecule has 1 aromatic carbocycles. The van der Waals surface area contributed by atoms with Crippen LogP contribution in [0.1, 0.15) is 62.6 Å². The zero-order valence-corrected chi connectivity index (χ0v) is 14.0. The third-order valence-electron chi connectivity index (χ3n) is 6.36. The number of methoxy groups -OCH3 is 1. The molecule has 2 fully saturated rings. The number of nitrogens with zero attached hydrogens (tertiary/aromatic N) is 1. The van der Waals surface area contributed by atoms with Gasteiger partial charge in [-0.25, -0.2) is 4.79 Å². The van der Waals surface area contributed by atoms with E-state index in [-0.39, 0.29) is 29.3 Å². The summed E-state index contributed by atoms with van der Waals surface area (Å²) in [5.74, 6) is 0.446. The van der Waals surface area contributed by atoms with Crippen LogP contribution in [0.2, 0.25) is 0 Å². The highest BCUT2D eigenvalue weighted by molar-refractivity contribution is 5.84. The lowest BCUT2D eigenvalue weighted by atomic mass is 9.55. The Hall–Kier alpha value is -1.84. The fourth-order valence-corrected chi connectivity index (χ4v) is 5.79. The number of carbonyl (C=O) groups is 2. The maximum atomic E-state index is 12.6. The Kier molecular flexibility index (Phi) is 2.94. The van der Waals surface area contributed by atoms with Crippen molar-refractivity contribution in [1.82, 2.24) is 4.90 Å². The van der Waals surface area contributed by atoms with E-state index >= 15 is 0 Å². The van der Waals surface area contributed by atoms with Gasteiger partial charge in [-0.15, -0.1) is 0 Å². The predicted octanol–water partition coefficient (Wildman–Crippen LogP) is 3.82. The number of fused-ring (bicyclic) bond motifs is 1. The monoisotopic (exact) mass is 313 g/mol. The number of Topliss-reactive ketones (excluding diaryl/α,β-unsaturated/α-hetero) is 1. The summed E-state index contributed by atoms with van der Waals surface area (Å²) in [7, 11) is 1.43. The lowest BCUT2D eigenvalue weighted by Gasteiger charge is -2.57. The normalized spacial score (nSPS) is 38.0. The molecule has 0 spiro atoms. The Labute approximate surface area is 136 Å². The SMILES string of the molecule is COC(=O)N1C2CCC3(C)CC(=O)CC1(C)C3c1ccccc12. The van der Waals surface area contributed by atoms with Crippen LogP contribution in [-0.4, -0.2) is 29.4 Å². The van der Waals surface area contributed by atoms with Crippen molar-refractivity contribution >= 4 is 11.9 Å². The van der Waals surface area contributed by atoms with Crippen LogP contribution in [-0.2, 0) is 9.53 Å². The first kappa shape index (κ1) is 14.7. The number of carbonyl (C=O) groups excluding carboxylic acids is 2. The quantitative estimate of drug-likeness (QED) is 0.731. The molecular formula is C19H23NO3. The van der Waals surface area contributed by atoms with Crippen molar-refractivity contribution in [3.63, 3.8) is 0 Å². The summed E-state index contributed by atoms with van der Waals surface area (Å²) in [5.41, 5.74) is 1.98. The van der Waals surface area contributed by atoms with E-state index < -0.39 is 5.54 Å². The molecule has 4 aliphatic rings. The fraction of sp³-hybridized carbons (Fsp3) is 0.579. The Balaban J connectivity index is 2.01. The predicted molar refractivity (Wildman–Crippen MR) is 86.2 cm³/mol. The van der Waals surface area contributed by atoms with Gasteiger partial charge in [-0.2, -0.15) is 0 Å². The van der Waals surface area contributed by atoms with Gasteiger partial charge < -0.3 is 4.74 Å². The molecule has 4 heteroatoms. The van der Waals surface area contributed by atoms with Crippen LogP contribution in [0.5, 0.6) is 0 Å². The second-order valence-corrected chi connectivity index (χ2v) is 7.86. The van der Waals surface area contributed by atoms with Crippen molar-refractivity contribution in [1.29, 1.82) is 0 Å². The molecule has 1 amide bonds. The van der Waals surface area contributed by atoms with E-state index in [9.17, 15) is 9.59 Å². The van der Waals surface area contributed by atoms with E-state index in [1.165, 1.54) is 18.2 Å². The molecule has 0 N–H and O–H groups in total. The first-order valence-electron chi connectivity index (χ1n) is 8.38. The van der Waals surface area contributed by atoms with Crippen molar-refractivity contribution in [3.05, 3.63) is 35.4 Å². The number of ether oxygens (including phenoxy) is 1. The van der Waals surface area contributed by atoms with Gasteiger partial charge in [-0.1, -0.05) is 31.2 Å². The summed E-state index contributed by atoms with van der Waals surface area (Å²) >= 11 is 0. The zero-order valence-electron chi connectivity index (χ0n) is 14.0. The molecule has 1 saturated heterocycles. The molecule has 2 aliphatic carbocycles. The Morgan fingerprint density at radius 3 is 2.61 bits per heavy atom. The maximum absolute atomic E-state index is 12.6. The largest absolute Gasteiger partial charge is 0.453 e. The first-order valence-corrected chi connectivity index (χ1v) is 8.38. The van der Waals surface area contributed by atoms with Gasteiger partial charge in [0.15, 0.2) is 0 Å². The van der Waals surface area contributed by atoms with Gasteiger partial charge in [-0.05, 0) is 36.3 Å². The van der Waals surface area contributed by atoms with Gasteiger partial charge in [0.05, 0.1) is 18.7 Å². The van der Waals surface area contributed by atoms with Crippen molar-refractivity contribution in [2.24, 2.45) is 5.41 Å². The van der Waals surface area contributed by atoms with Crippen molar-refractivity contribution in [3.8, 4) is 0 Å². The van der Waals surface area contributed by atoms with Crippen LogP contribution in [0.25, 0.3) is 0 Å². The molecule has 1 saturated carbocycles. The number of ketones is 1. The van der Waals surface area contributed by atoms with Gasteiger partial charge in [0.2, 0.25) is 0 Å². The summed E-state index contributed by atoms with van der Waals surface area (Å²) < 4.78 is 5.11. The van der Waals surface area contributed by atoms with Gasteiger partial charge in [-0.3, -0.25) is 9.69 Å². The third kappa shape index (κ3) is 1.78. The number of hydrogen-bond acceptors (Lipinski definition) is 3. The molecule has 23 heavy (non-hydrogen) atoms. The molecule has 4 unspecified atom stereocenters. The summed E-state index contributed by atoms with van der Waals surface area (Å²) in [6.45, 7) is 4.31. The molecule has 2 heterocycles. The van der Waals surface area contributed by atoms with E-state index in [0.29, 0.717) is 12.8 Å². The molecule has 2 aliphatic heterocycles. The van der Waals surface area contributed by atoms with Gasteiger partial charge >= 0.3 is 6.09 Å². The summed E-state index contributed by atoms with van der Waals surface area (Å²) in [4.78, 5) is 27.0. The molecule has 0 radical (unpaired) electrons. The molecular weight excluding hydrogens is 290 g/mol. The Morgan fingerprint density at radius 1 is 1.22 bits per heavy atom. The van der Waals surface area contributed by atoms with E-state index in [4.69, 9.17) is 4.74 Å². The van der Waals surface area contributed by atoms with Gasteiger partial charge in [0, 0.05) is 18.8 Å². The summed E-state index contributed by atoms with van der Waals surface area (Å²) in [6, 6.07) is 8.46. The summed E-state index contributed by atoms with van der Waals surface area (Å²) in [6.07, 6.45) is 2.58. The minimum absolute atomic E-state index is 0.00706. The maximum Gasteiger partial charge on any atom is 0.410 e. The number of hydrogen-bond donors (Lipinski definition) is 0. The molecule has 122 valence electrons. The smallest absolute Gasteiger partial charge is 0.410 e. The summed E-state index contributed by atoms with van der Waals surface area (Å²) in [5, 5.41) is 0. The van der Waals surface area contributed by atoms with E-state index in [0.717, 1.165) is 12.8 Å². The second kappa shape index (κ2) is 4.59. The number of rotatable bonds is 0. The highest BCUT2D eigenvalue weighted by Crippen LogP contribution is 2.64. The minimum atomic E-state index is -0.493. The average molecular weight is 313 g/mol. The molecule has 4 bridgehead atoms. The van der Waals surface area contributed by atoms with Crippen molar-refractivity contribution in [2.75, 3.05) is 7.11 Å². The van der Waals surface area contributed by atoms with Crippen LogP contribution in [0, 0.1) is 5.41 Å². The standard InChI is InChI=1S/C19H23NO3/c1-18-9-8-15-13-6-4-5-7-14(13)16(18)19(2,11-12(21)10-18)20(15)17(22)23-3/h4-7,15-16H,8-11H2,1-3H3. The highest BCUT2D eigenvalue weighted by atomic mass is 16.5. The van der Waals surface area contributed by atoms with Crippen LogP contribution in [0.3, 0.4) is 0 Å². The lowest BCUT2D eigenvalue weighted by Crippen LogP contribution is -2.62. The van der Waals surface area contributed by atoms with Crippen LogP contribution >= 0.6 is 0 Å². The van der Waals surface area contributed by atoms with Crippen LogP contribution in [0.15, 0.2) is 24.3 Å². The number of benzene rings is 1. The molecule has 1 aromatic rings. The van der Waals surface area contributed by atoms with Crippen LogP contribution < -0.4 is 0 Å². The van der Waals surface area contributed by atoms with E-state index in [2.05, 4.69) is 32.0 Å². The number of amides is 1. The van der Waals surface area contributed by atoms with E-state index in [1.807, 2.05) is 11.0 Å². The fourth-order valence-electron chi connectivity index (χ4n) is 5.79. The van der Waals surface area contributed by atoms with Crippen molar-refractivity contribution < 1.29 is 14.3 Å². The Bertz CT molecular complexity index is 700.